The van der Waals surface area contributed by atoms with Crippen LogP contribution in [-0.2, 0) is 9.84 Å². The average Bonchev–Trinajstić information content (AvgIpc) is 3.26. The van der Waals surface area contributed by atoms with Gasteiger partial charge in [0, 0.05) is 5.92 Å². The van der Waals surface area contributed by atoms with Crippen molar-refractivity contribution in [3.63, 3.8) is 0 Å². The highest BCUT2D eigenvalue weighted by atomic mass is 32.2. The predicted molar refractivity (Wildman–Crippen MR) is 91.2 cm³/mol. The van der Waals surface area contributed by atoms with Crippen LogP contribution in [0.1, 0.15) is 22.6 Å². The van der Waals surface area contributed by atoms with Gasteiger partial charge in [0.25, 0.3) is 0 Å². The van der Waals surface area contributed by atoms with E-state index in [-0.39, 0.29) is 4.90 Å². The van der Waals surface area contributed by atoms with Gasteiger partial charge in [0.15, 0.2) is 9.84 Å². The van der Waals surface area contributed by atoms with Crippen molar-refractivity contribution in [1.82, 2.24) is 0 Å². The van der Waals surface area contributed by atoms with Gasteiger partial charge in [-0.05, 0) is 31.5 Å². The van der Waals surface area contributed by atoms with Gasteiger partial charge in [0.1, 0.15) is 5.41 Å². The lowest BCUT2D eigenvalue weighted by Gasteiger charge is -2.06. The van der Waals surface area contributed by atoms with E-state index in [9.17, 15) is 18.8 Å². The third-order valence-electron chi connectivity index (χ3n) is 4.85. The Bertz CT molecular complexity index is 895. The number of sulfone groups is 1. The van der Waals surface area contributed by atoms with Crippen molar-refractivity contribution < 1.29 is 13.5 Å². The highest BCUT2D eigenvalue weighted by Gasteiger charge is 2.72. The lowest BCUT2D eigenvalue weighted by atomic mass is 10.0. The molecule has 3 atom stereocenters. The molecule has 0 aliphatic heterocycles. The second-order valence-corrected chi connectivity index (χ2v) is 8.55. The molecule has 0 spiro atoms. The third-order valence-corrected chi connectivity index (χ3v) is 7.14. The first-order chi connectivity index (χ1) is 11.4. The Balaban J connectivity index is 2.06. The van der Waals surface area contributed by atoms with Gasteiger partial charge in [-0.25, -0.2) is 8.42 Å². The Hall–Kier alpha value is -2.16. The zero-order valence-electron chi connectivity index (χ0n) is 13.6. The van der Waals surface area contributed by atoms with Crippen LogP contribution >= 0.6 is 0 Å². The third kappa shape index (κ3) is 2.43. The molecule has 0 heterocycles. The second kappa shape index (κ2) is 5.73. The van der Waals surface area contributed by atoms with Crippen LogP contribution in [-0.4, -0.2) is 25.4 Å². The molecule has 0 radical (unpaired) electrons. The minimum Gasteiger partial charge on any atom is -0.395 e. The first-order valence-corrected chi connectivity index (χ1v) is 9.30. The molecule has 1 aliphatic rings. The Kier molecular flexibility index (Phi) is 3.98. The summed E-state index contributed by atoms with van der Waals surface area (Å²) in [6.45, 7) is 3.36. The number of nitriles is 1. The lowest BCUT2D eigenvalue weighted by molar-refractivity contribution is 0.242. The summed E-state index contributed by atoms with van der Waals surface area (Å²) in [7, 11) is -3.70. The van der Waals surface area contributed by atoms with Gasteiger partial charge >= 0.3 is 0 Å². The topological polar surface area (TPSA) is 78.2 Å². The van der Waals surface area contributed by atoms with Crippen LogP contribution in [0.3, 0.4) is 0 Å². The van der Waals surface area contributed by atoms with Crippen LogP contribution in [0.2, 0.25) is 0 Å². The molecule has 4 nitrogen and oxygen atoms in total. The molecule has 24 heavy (non-hydrogen) atoms. The molecular weight excluding hydrogens is 322 g/mol. The van der Waals surface area contributed by atoms with E-state index in [0.717, 1.165) is 16.7 Å². The number of benzene rings is 2. The molecule has 1 fully saturated rings. The Morgan fingerprint density at radius 1 is 1.04 bits per heavy atom. The van der Waals surface area contributed by atoms with E-state index in [2.05, 4.69) is 6.07 Å². The van der Waals surface area contributed by atoms with Crippen LogP contribution in [0, 0.1) is 30.6 Å². The zero-order chi connectivity index (χ0) is 17.5. The summed E-state index contributed by atoms with van der Waals surface area (Å²) >= 11 is 0. The van der Waals surface area contributed by atoms with Gasteiger partial charge in [-0.2, -0.15) is 5.26 Å². The molecule has 0 amide bonds. The number of aliphatic hydroxyl groups is 1. The van der Waals surface area contributed by atoms with Crippen molar-refractivity contribution >= 4 is 9.84 Å². The summed E-state index contributed by atoms with van der Waals surface area (Å²) in [5.41, 5.74) is 1.52. The van der Waals surface area contributed by atoms with Crippen molar-refractivity contribution in [3.05, 3.63) is 65.2 Å². The van der Waals surface area contributed by atoms with Crippen molar-refractivity contribution in [2.45, 2.75) is 29.9 Å². The minimum atomic E-state index is -3.70. The normalized spacial score (nSPS) is 25.9. The highest BCUT2D eigenvalue weighted by Crippen LogP contribution is 2.63. The van der Waals surface area contributed by atoms with Gasteiger partial charge in [-0.1, -0.05) is 47.5 Å². The van der Waals surface area contributed by atoms with Crippen LogP contribution in [0.4, 0.5) is 0 Å². The second-order valence-electron chi connectivity index (χ2n) is 6.48. The van der Waals surface area contributed by atoms with E-state index in [0.29, 0.717) is 0 Å². The van der Waals surface area contributed by atoms with Crippen LogP contribution < -0.4 is 0 Å². The average molecular weight is 341 g/mol. The molecule has 0 unspecified atom stereocenters. The maximum atomic E-state index is 13.0. The fraction of sp³-hybridized carbons (Fsp3) is 0.316. The van der Waals surface area contributed by atoms with Crippen molar-refractivity contribution in [2.24, 2.45) is 5.41 Å². The molecule has 124 valence electrons. The zero-order valence-corrected chi connectivity index (χ0v) is 14.4. The molecule has 1 aliphatic carbocycles. The molecule has 0 bridgehead atoms. The first kappa shape index (κ1) is 16.7. The summed E-state index contributed by atoms with van der Waals surface area (Å²) in [6.07, 6.45) is 0. The number of rotatable bonds is 4. The standard InChI is InChI=1S/C19H19NO3S/c1-13-3-7-15(8-4-13)17-18(19(17,11-20)12-21)24(22,23)16-9-5-14(2)6-10-16/h3-10,17-18,21H,12H2,1-2H3/t17-,18+,19+/m1/s1. The Morgan fingerprint density at radius 2 is 1.54 bits per heavy atom. The number of hydrogen-bond acceptors (Lipinski definition) is 4. The predicted octanol–water partition coefficient (Wildman–Crippen LogP) is 2.75. The summed E-state index contributed by atoms with van der Waals surface area (Å²) < 4.78 is 26.1. The van der Waals surface area contributed by atoms with E-state index in [1.54, 1.807) is 24.3 Å². The van der Waals surface area contributed by atoms with Crippen molar-refractivity contribution in [1.29, 1.82) is 5.26 Å². The molecule has 2 aromatic rings. The minimum absolute atomic E-state index is 0.195. The molecule has 0 saturated heterocycles. The van der Waals surface area contributed by atoms with Crippen molar-refractivity contribution in [3.8, 4) is 6.07 Å². The van der Waals surface area contributed by atoms with E-state index in [4.69, 9.17) is 0 Å². The Labute approximate surface area is 142 Å². The molecule has 2 aromatic carbocycles. The fourth-order valence-electron chi connectivity index (χ4n) is 3.34. The summed E-state index contributed by atoms with van der Waals surface area (Å²) in [6, 6.07) is 16.1. The monoisotopic (exact) mass is 341 g/mol. The first-order valence-electron chi connectivity index (χ1n) is 7.76. The number of aryl methyl sites for hydroxylation is 2. The summed E-state index contributed by atoms with van der Waals surface area (Å²) in [5.74, 6) is -0.514. The Morgan fingerprint density at radius 3 is 2.00 bits per heavy atom. The van der Waals surface area contributed by atoms with E-state index in [1.807, 2.05) is 38.1 Å². The molecule has 5 heteroatoms. The smallest absolute Gasteiger partial charge is 0.183 e. The van der Waals surface area contributed by atoms with Crippen LogP contribution in [0.5, 0.6) is 0 Å². The van der Waals surface area contributed by atoms with Gasteiger partial charge in [-0.3, -0.25) is 0 Å². The van der Waals surface area contributed by atoms with Crippen molar-refractivity contribution in [2.75, 3.05) is 6.61 Å². The van der Waals surface area contributed by atoms with Gasteiger partial charge in [0.05, 0.1) is 22.8 Å². The maximum absolute atomic E-state index is 13.0. The van der Waals surface area contributed by atoms with Gasteiger partial charge in [0.2, 0.25) is 0 Å². The summed E-state index contributed by atoms with van der Waals surface area (Å²) in [4.78, 5) is 0.195. The fourth-order valence-corrected chi connectivity index (χ4v) is 5.65. The lowest BCUT2D eigenvalue weighted by Crippen LogP contribution is -2.18. The van der Waals surface area contributed by atoms with Crippen LogP contribution in [0.25, 0.3) is 0 Å². The maximum Gasteiger partial charge on any atom is 0.183 e. The van der Waals surface area contributed by atoms with E-state index < -0.39 is 33.0 Å². The van der Waals surface area contributed by atoms with Gasteiger partial charge in [-0.15, -0.1) is 0 Å². The number of aliphatic hydroxyl groups excluding tert-OH is 1. The summed E-state index contributed by atoms with van der Waals surface area (Å²) in [5, 5.41) is 18.4. The molecule has 0 aromatic heterocycles. The molecule has 3 rings (SSSR count). The van der Waals surface area contributed by atoms with Gasteiger partial charge < -0.3 is 5.11 Å². The molecule has 1 saturated carbocycles. The van der Waals surface area contributed by atoms with E-state index >= 15 is 0 Å². The molecule has 1 N–H and O–H groups in total. The number of hydrogen-bond donors (Lipinski definition) is 1. The quantitative estimate of drug-likeness (QED) is 0.927. The highest BCUT2D eigenvalue weighted by molar-refractivity contribution is 7.92. The largest absolute Gasteiger partial charge is 0.395 e. The van der Waals surface area contributed by atoms with Crippen LogP contribution in [0.15, 0.2) is 53.4 Å². The SMILES string of the molecule is Cc1ccc([C@@H]2[C@H](S(=O)(=O)c3ccc(C)cc3)[C@@]2(C#N)CO)cc1. The number of nitrogens with zero attached hydrogens (tertiary/aromatic N) is 1. The van der Waals surface area contributed by atoms with E-state index in [1.165, 1.54) is 0 Å². The molecular formula is C19H19NO3S.